The monoisotopic (exact) mass is 444 g/mol. The van der Waals surface area contributed by atoms with Crippen molar-refractivity contribution in [2.24, 2.45) is 0 Å². The fourth-order valence-corrected chi connectivity index (χ4v) is 3.67. The Labute approximate surface area is 187 Å². The van der Waals surface area contributed by atoms with Crippen molar-refractivity contribution in [3.05, 3.63) is 59.1 Å². The van der Waals surface area contributed by atoms with Crippen molar-refractivity contribution in [3.8, 4) is 0 Å². The molecule has 0 aromatic heterocycles. The number of hydrogen-bond acceptors (Lipinski definition) is 4. The highest BCUT2D eigenvalue weighted by molar-refractivity contribution is 7.80. The fraction of sp³-hybridized carbons (Fsp3) is 0.318. The third kappa shape index (κ3) is 6.18. The van der Waals surface area contributed by atoms with Gasteiger partial charge in [-0.25, -0.2) is 0 Å². The summed E-state index contributed by atoms with van der Waals surface area (Å²) in [6, 6.07) is 15.0. The molecule has 1 saturated heterocycles. The summed E-state index contributed by atoms with van der Waals surface area (Å²) < 4.78 is 0. The van der Waals surface area contributed by atoms with E-state index in [1.807, 2.05) is 48.2 Å². The van der Waals surface area contributed by atoms with Gasteiger partial charge in [0.15, 0.2) is 5.11 Å². The fourth-order valence-electron chi connectivity index (χ4n) is 3.31. The highest BCUT2D eigenvalue weighted by atomic mass is 35.5. The molecule has 2 amide bonds. The Morgan fingerprint density at radius 1 is 1.00 bits per heavy atom. The maximum Gasteiger partial charge on any atom is 0.230 e. The number of thiocarbonyl (C=S) groups is 1. The first-order valence-corrected chi connectivity index (χ1v) is 10.7. The van der Waals surface area contributed by atoms with Crippen LogP contribution in [0.4, 0.5) is 11.4 Å². The zero-order valence-electron chi connectivity index (χ0n) is 16.9. The van der Waals surface area contributed by atoms with E-state index in [-0.39, 0.29) is 23.3 Å². The summed E-state index contributed by atoms with van der Waals surface area (Å²) in [6.07, 6.45) is 0.779. The third-order valence-electron chi connectivity index (χ3n) is 4.96. The van der Waals surface area contributed by atoms with E-state index in [2.05, 4.69) is 15.5 Å². The summed E-state index contributed by atoms with van der Waals surface area (Å²) >= 11 is 11.1. The molecule has 2 N–H and O–H groups in total. The van der Waals surface area contributed by atoms with Crippen molar-refractivity contribution in [1.82, 2.24) is 10.2 Å². The van der Waals surface area contributed by atoms with Crippen molar-refractivity contribution in [1.29, 1.82) is 0 Å². The highest BCUT2D eigenvalue weighted by Gasteiger charge is 2.20. The second kappa shape index (κ2) is 10.4. The number of carbonyl (C=O) groups is 2. The molecule has 1 heterocycles. The lowest BCUT2D eigenvalue weighted by Gasteiger charge is -2.36. The predicted molar refractivity (Wildman–Crippen MR) is 125 cm³/mol. The van der Waals surface area contributed by atoms with Crippen molar-refractivity contribution < 1.29 is 9.59 Å². The largest absolute Gasteiger partial charge is 0.368 e. The molecule has 0 aliphatic carbocycles. The van der Waals surface area contributed by atoms with Crippen LogP contribution in [0.25, 0.3) is 0 Å². The van der Waals surface area contributed by atoms with Crippen LogP contribution in [0.3, 0.4) is 0 Å². The quantitative estimate of drug-likeness (QED) is 0.691. The number of rotatable bonds is 5. The van der Waals surface area contributed by atoms with Crippen LogP contribution in [-0.2, 0) is 16.0 Å². The molecule has 2 aromatic carbocycles. The standard InChI is InChI=1S/C22H25ClN4O2S/c1-2-21(29)27-13-11-26(12-14-27)19-9-7-18(8-10-19)24-22(30)25-20(28)15-16-3-5-17(23)6-4-16/h3-10H,2,11-15H2,1H3,(H2,24,25,28,30). The van der Waals surface area contributed by atoms with Gasteiger partial charge in [-0.1, -0.05) is 30.7 Å². The van der Waals surface area contributed by atoms with E-state index in [0.29, 0.717) is 11.4 Å². The van der Waals surface area contributed by atoms with Crippen molar-refractivity contribution in [2.45, 2.75) is 19.8 Å². The first-order chi connectivity index (χ1) is 14.4. The van der Waals surface area contributed by atoms with E-state index < -0.39 is 0 Å². The molecule has 0 unspecified atom stereocenters. The smallest absolute Gasteiger partial charge is 0.230 e. The van der Waals surface area contributed by atoms with Gasteiger partial charge in [-0.15, -0.1) is 0 Å². The molecule has 30 heavy (non-hydrogen) atoms. The Balaban J connectivity index is 1.47. The minimum atomic E-state index is -0.189. The van der Waals surface area contributed by atoms with E-state index >= 15 is 0 Å². The Hall–Kier alpha value is -2.64. The van der Waals surface area contributed by atoms with Gasteiger partial charge in [0, 0.05) is 49.0 Å². The number of piperazine rings is 1. The molecule has 1 fully saturated rings. The average Bonchev–Trinajstić information content (AvgIpc) is 2.75. The van der Waals surface area contributed by atoms with Gasteiger partial charge in [0.2, 0.25) is 11.8 Å². The van der Waals surface area contributed by atoms with Gasteiger partial charge in [0.25, 0.3) is 0 Å². The topological polar surface area (TPSA) is 64.7 Å². The summed E-state index contributed by atoms with van der Waals surface area (Å²) in [7, 11) is 0. The number of carbonyl (C=O) groups excluding carboxylic acids is 2. The maximum atomic E-state index is 12.1. The molecule has 0 atom stereocenters. The van der Waals surface area contributed by atoms with Gasteiger partial charge in [0.1, 0.15) is 0 Å². The lowest BCUT2D eigenvalue weighted by molar-refractivity contribution is -0.131. The van der Waals surface area contributed by atoms with E-state index in [4.69, 9.17) is 23.8 Å². The molecular formula is C22H25ClN4O2S. The number of nitrogens with zero attached hydrogens (tertiary/aromatic N) is 2. The minimum Gasteiger partial charge on any atom is -0.368 e. The van der Waals surface area contributed by atoms with Gasteiger partial charge in [-0.3, -0.25) is 9.59 Å². The van der Waals surface area contributed by atoms with Gasteiger partial charge in [-0.2, -0.15) is 0 Å². The Kier molecular flexibility index (Phi) is 7.65. The van der Waals surface area contributed by atoms with Crippen molar-refractivity contribution >= 4 is 52.1 Å². The van der Waals surface area contributed by atoms with Crippen LogP contribution in [0.2, 0.25) is 5.02 Å². The van der Waals surface area contributed by atoms with Crippen LogP contribution >= 0.6 is 23.8 Å². The van der Waals surface area contributed by atoms with Gasteiger partial charge >= 0.3 is 0 Å². The second-order valence-electron chi connectivity index (χ2n) is 7.07. The SMILES string of the molecule is CCC(=O)N1CCN(c2ccc(NC(=S)NC(=O)Cc3ccc(Cl)cc3)cc2)CC1. The van der Waals surface area contributed by atoms with Crippen LogP contribution in [0.1, 0.15) is 18.9 Å². The summed E-state index contributed by atoms with van der Waals surface area (Å²) in [5.74, 6) is 0.0201. The predicted octanol–water partition coefficient (Wildman–Crippen LogP) is 3.45. The number of hydrogen-bond donors (Lipinski definition) is 2. The number of halogens is 1. The van der Waals surface area contributed by atoms with E-state index in [9.17, 15) is 9.59 Å². The summed E-state index contributed by atoms with van der Waals surface area (Å²) in [6.45, 7) is 5.02. The first kappa shape index (κ1) is 22.1. The molecule has 6 nitrogen and oxygen atoms in total. The lowest BCUT2D eigenvalue weighted by Crippen LogP contribution is -2.48. The molecule has 0 spiro atoms. The first-order valence-electron chi connectivity index (χ1n) is 9.92. The van der Waals surface area contributed by atoms with Gasteiger partial charge in [-0.05, 0) is 54.2 Å². The molecule has 3 rings (SSSR count). The number of benzene rings is 2. The minimum absolute atomic E-state index is 0.189. The molecule has 1 aliphatic rings. The number of anilines is 2. The van der Waals surface area contributed by atoms with Crippen LogP contribution in [0.15, 0.2) is 48.5 Å². The van der Waals surface area contributed by atoms with Gasteiger partial charge in [0.05, 0.1) is 6.42 Å². The highest BCUT2D eigenvalue weighted by Crippen LogP contribution is 2.20. The zero-order chi connectivity index (χ0) is 21.5. The van der Waals surface area contributed by atoms with Crippen LogP contribution in [-0.4, -0.2) is 48.0 Å². The molecular weight excluding hydrogens is 420 g/mol. The molecule has 1 aliphatic heterocycles. The Morgan fingerprint density at radius 2 is 1.63 bits per heavy atom. The van der Waals surface area contributed by atoms with E-state index in [0.717, 1.165) is 43.1 Å². The lowest BCUT2D eigenvalue weighted by atomic mass is 10.1. The van der Waals surface area contributed by atoms with Crippen molar-refractivity contribution in [2.75, 3.05) is 36.4 Å². The van der Waals surface area contributed by atoms with E-state index in [1.54, 1.807) is 12.1 Å². The third-order valence-corrected chi connectivity index (χ3v) is 5.41. The molecule has 158 valence electrons. The molecule has 0 saturated carbocycles. The van der Waals surface area contributed by atoms with Crippen LogP contribution in [0.5, 0.6) is 0 Å². The van der Waals surface area contributed by atoms with Crippen LogP contribution < -0.4 is 15.5 Å². The van der Waals surface area contributed by atoms with Gasteiger partial charge < -0.3 is 20.4 Å². The Morgan fingerprint density at radius 3 is 2.23 bits per heavy atom. The number of amides is 2. The average molecular weight is 445 g/mol. The summed E-state index contributed by atoms with van der Waals surface area (Å²) in [4.78, 5) is 28.1. The summed E-state index contributed by atoms with van der Waals surface area (Å²) in [5, 5.41) is 6.62. The molecule has 2 aromatic rings. The van der Waals surface area contributed by atoms with Crippen molar-refractivity contribution in [3.63, 3.8) is 0 Å². The maximum absolute atomic E-state index is 12.1. The Bertz CT molecular complexity index is 894. The number of nitrogens with one attached hydrogen (secondary N) is 2. The summed E-state index contributed by atoms with van der Waals surface area (Å²) in [5.41, 5.74) is 2.77. The zero-order valence-corrected chi connectivity index (χ0v) is 18.4. The second-order valence-corrected chi connectivity index (χ2v) is 7.92. The molecule has 0 bridgehead atoms. The normalized spacial score (nSPS) is 13.7. The van der Waals surface area contributed by atoms with Crippen LogP contribution in [0, 0.1) is 0 Å². The molecule has 8 heteroatoms. The molecule has 0 radical (unpaired) electrons. The van der Waals surface area contributed by atoms with E-state index in [1.165, 1.54) is 0 Å².